The van der Waals surface area contributed by atoms with Gasteiger partial charge in [0.25, 0.3) is 5.69 Å². The molecule has 0 radical (unpaired) electrons. The van der Waals surface area contributed by atoms with Gasteiger partial charge in [-0.1, -0.05) is 12.1 Å². The average molecular weight is 475 g/mol. The molecular weight excluding hydrogens is 448 g/mol. The molecule has 4 aromatic rings. The lowest BCUT2D eigenvalue weighted by molar-refractivity contribution is -0.382. The standard InChI is InChI=1S/C27H26N2O6/c1-16(2)34-20-9-5-18(6-10-20)22-13-14-24-23(26(22)29(32)33)15-25(27(30)31)28(24)19-7-11-21(12-8-19)35-17(3)4/h5-17H,1-4H3,(H,30,31). The summed E-state index contributed by atoms with van der Waals surface area (Å²) in [6.45, 7) is 7.67. The van der Waals surface area contributed by atoms with Crippen molar-refractivity contribution in [2.24, 2.45) is 0 Å². The van der Waals surface area contributed by atoms with Crippen molar-refractivity contribution in [1.29, 1.82) is 0 Å². The topological polar surface area (TPSA) is 104 Å². The van der Waals surface area contributed by atoms with Crippen LogP contribution in [0.1, 0.15) is 38.2 Å². The van der Waals surface area contributed by atoms with Gasteiger partial charge in [-0.05, 0) is 87.9 Å². The number of fused-ring (bicyclic) bond motifs is 1. The van der Waals surface area contributed by atoms with Gasteiger partial charge in [0, 0.05) is 5.69 Å². The fourth-order valence-electron chi connectivity index (χ4n) is 4.06. The number of rotatable bonds is 8. The summed E-state index contributed by atoms with van der Waals surface area (Å²) in [6, 6.07) is 18.7. The lowest BCUT2D eigenvalue weighted by Crippen LogP contribution is -2.07. The van der Waals surface area contributed by atoms with Gasteiger partial charge >= 0.3 is 5.97 Å². The third kappa shape index (κ3) is 4.82. The van der Waals surface area contributed by atoms with E-state index in [4.69, 9.17) is 9.47 Å². The van der Waals surface area contributed by atoms with Crippen molar-refractivity contribution < 1.29 is 24.3 Å². The molecule has 8 nitrogen and oxygen atoms in total. The maximum absolute atomic E-state index is 12.2. The van der Waals surface area contributed by atoms with Crippen LogP contribution in [0, 0.1) is 10.1 Å². The SMILES string of the molecule is CC(C)Oc1ccc(-c2ccc3c(cc(C(=O)O)n3-c3ccc(OC(C)C)cc3)c2[N+](=O)[O-])cc1. The van der Waals surface area contributed by atoms with Crippen LogP contribution in [0.5, 0.6) is 11.5 Å². The molecule has 0 saturated carbocycles. The minimum Gasteiger partial charge on any atom is -0.491 e. The van der Waals surface area contributed by atoms with Gasteiger partial charge in [-0.25, -0.2) is 4.79 Å². The molecule has 0 fully saturated rings. The zero-order chi connectivity index (χ0) is 25.3. The minimum atomic E-state index is -1.19. The number of carbonyl (C=O) groups is 1. The van der Waals surface area contributed by atoms with Gasteiger partial charge in [-0.15, -0.1) is 0 Å². The van der Waals surface area contributed by atoms with Gasteiger partial charge in [-0.3, -0.25) is 10.1 Å². The molecule has 0 amide bonds. The summed E-state index contributed by atoms with van der Waals surface area (Å²) in [5.74, 6) is 0.127. The molecule has 0 saturated heterocycles. The third-order valence-electron chi connectivity index (χ3n) is 5.36. The normalized spacial score (nSPS) is 11.3. The number of nitro benzene ring substituents is 1. The van der Waals surface area contributed by atoms with Crippen molar-refractivity contribution in [2.75, 3.05) is 0 Å². The van der Waals surface area contributed by atoms with Crippen LogP contribution < -0.4 is 9.47 Å². The molecule has 0 spiro atoms. The van der Waals surface area contributed by atoms with E-state index in [1.807, 2.05) is 27.7 Å². The zero-order valence-corrected chi connectivity index (χ0v) is 19.9. The highest BCUT2D eigenvalue weighted by Gasteiger charge is 2.26. The molecule has 0 atom stereocenters. The molecule has 1 aromatic heterocycles. The molecule has 4 rings (SSSR count). The molecular formula is C27H26N2O6. The number of aromatic nitrogens is 1. The number of hydrogen-bond donors (Lipinski definition) is 1. The van der Waals surface area contributed by atoms with Crippen molar-refractivity contribution in [3.63, 3.8) is 0 Å². The summed E-state index contributed by atoms with van der Waals surface area (Å²) in [5.41, 5.74) is 1.79. The molecule has 0 aliphatic heterocycles. The summed E-state index contributed by atoms with van der Waals surface area (Å²) in [5, 5.41) is 22.3. The first-order valence-corrected chi connectivity index (χ1v) is 11.3. The van der Waals surface area contributed by atoms with Crippen molar-refractivity contribution in [1.82, 2.24) is 4.57 Å². The minimum absolute atomic E-state index is 0.00471. The molecule has 35 heavy (non-hydrogen) atoms. The first kappa shape index (κ1) is 23.8. The Hall–Kier alpha value is -4.33. The number of hydrogen-bond acceptors (Lipinski definition) is 5. The van der Waals surface area contributed by atoms with Gasteiger partial charge in [0.05, 0.1) is 33.6 Å². The maximum atomic E-state index is 12.2. The van der Waals surface area contributed by atoms with E-state index in [-0.39, 0.29) is 29.0 Å². The summed E-state index contributed by atoms with van der Waals surface area (Å²) in [6.07, 6.45) is 0.00153. The summed E-state index contributed by atoms with van der Waals surface area (Å²) < 4.78 is 12.8. The van der Waals surface area contributed by atoms with Crippen LogP contribution in [0.4, 0.5) is 5.69 Å². The predicted octanol–water partition coefficient (Wildman–Crippen LogP) is 6.48. The summed E-state index contributed by atoms with van der Waals surface area (Å²) >= 11 is 0. The lowest BCUT2D eigenvalue weighted by Gasteiger charge is -2.13. The molecule has 0 bridgehead atoms. The number of carboxylic acids is 1. The first-order valence-electron chi connectivity index (χ1n) is 11.3. The van der Waals surface area contributed by atoms with Gasteiger partial charge in [0.1, 0.15) is 17.2 Å². The monoisotopic (exact) mass is 474 g/mol. The Morgan fingerprint density at radius 3 is 1.91 bits per heavy atom. The highest BCUT2D eigenvalue weighted by molar-refractivity contribution is 6.03. The van der Waals surface area contributed by atoms with E-state index < -0.39 is 10.9 Å². The van der Waals surface area contributed by atoms with Crippen LogP contribution in [0.15, 0.2) is 66.7 Å². The Kier molecular flexibility index (Phi) is 6.46. The van der Waals surface area contributed by atoms with E-state index in [9.17, 15) is 20.0 Å². The summed E-state index contributed by atoms with van der Waals surface area (Å²) in [7, 11) is 0. The number of nitro groups is 1. The van der Waals surface area contributed by atoms with E-state index in [1.54, 1.807) is 60.7 Å². The largest absolute Gasteiger partial charge is 0.491 e. The van der Waals surface area contributed by atoms with Gasteiger partial charge < -0.3 is 19.1 Å². The van der Waals surface area contributed by atoms with Crippen LogP contribution in [0.2, 0.25) is 0 Å². The number of benzene rings is 3. The fraction of sp³-hybridized carbons (Fsp3) is 0.222. The smallest absolute Gasteiger partial charge is 0.352 e. The molecule has 3 aromatic carbocycles. The van der Waals surface area contributed by atoms with E-state index in [0.717, 1.165) is 0 Å². The second-order valence-corrected chi connectivity index (χ2v) is 8.67. The highest BCUT2D eigenvalue weighted by atomic mass is 16.6. The number of ether oxygens (including phenoxy) is 2. The Balaban J connectivity index is 1.88. The molecule has 1 heterocycles. The Morgan fingerprint density at radius 1 is 0.886 bits per heavy atom. The Labute approximate surface area is 202 Å². The van der Waals surface area contributed by atoms with Crippen LogP contribution in [-0.2, 0) is 0 Å². The first-order chi connectivity index (χ1) is 16.7. The number of nitrogens with zero attached hydrogens (tertiary/aromatic N) is 2. The number of aromatic carboxylic acids is 1. The summed E-state index contributed by atoms with van der Waals surface area (Å²) in [4.78, 5) is 23.8. The van der Waals surface area contributed by atoms with Crippen LogP contribution in [0.25, 0.3) is 27.7 Å². The van der Waals surface area contributed by atoms with E-state index >= 15 is 0 Å². The van der Waals surface area contributed by atoms with E-state index in [2.05, 4.69) is 0 Å². The molecule has 0 aliphatic carbocycles. The van der Waals surface area contributed by atoms with Crippen molar-refractivity contribution in [3.8, 4) is 28.3 Å². The fourth-order valence-corrected chi connectivity index (χ4v) is 4.06. The molecule has 0 aliphatic rings. The highest BCUT2D eigenvalue weighted by Crippen LogP contribution is 2.39. The van der Waals surface area contributed by atoms with Gasteiger partial charge in [0.2, 0.25) is 0 Å². The van der Waals surface area contributed by atoms with Crippen molar-refractivity contribution in [2.45, 2.75) is 39.9 Å². The van der Waals surface area contributed by atoms with Crippen molar-refractivity contribution >= 4 is 22.6 Å². The zero-order valence-electron chi connectivity index (χ0n) is 19.9. The average Bonchev–Trinajstić information content (AvgIpc) is 3.18. The van der Waals surface area contributed by atoms with E-state index in [1.165, 1.54) is 10.6 Å². The Bertz CT molecular complexity index is 1390. The molecule has 1 N–H and O–H groups in total. The van der Waals surface area contributed by atoms with Gasteiger partial charge in [0.15, 0.2) is 0 Å². The quantitative estimate of drug-likeness (QED) is 0.232. The number of carboxylic acid groups (broad SMARTS) is 1. The van der Waals surface area contributed by atoms with Crippen LogP contribution >= 0.6 is 0 Å². The molecule has 180 valence electrons. The van der Waals surface area contributed by atoms with Crippen molar-refractivity contribution in [3.05, 3.63) is 82.5 Å². The van der Waals surface area contributed by atoms with Crippen LogP contribution in [-0.4, -0.2) is 32.8 Å². The molecule has 8 heteroatoms. The molecule has 0 unspecified atom stereocenters. The van der Waals surface area contributed by atoms with Crippen LogP contribution in [0.3, 0.4) is 0 Å². The second kappa shape index (κ2) is 9.50. The third-order valence-corrected chi connectivity index (χ3v) is 5.36. The maximum Gasteiger partial charge on any atom is 0.352 e. The van der Waals surface area contributed by atoms with E-state index in [0.29, 0.717) is 33.8 Å². The van der Waals surface area contributed by atoms with Gasteiger partial charge in [-0.2, -0.15) is 0 Å². The predicted molar refractivity (Wildman–Crippen MR) is 134 cm³/mol. The Morgan fingerprint density at radius 2 is 1.43 bits per heavy atom. The lowest BCUT2D eigenvalue weighted by atomic mass is 10.0. The second-order valence-electron chi connectivity index (χ2n) is 8.67.